The van der Waals surface area contributed by atoms with E-state index < -0.39 is 0 Å². The largest absolute Gasteiger partial charge is 0.486 e. The lowest BCUT2D eigenvalue weighted by atomic mass is 10.0. The van der Waals surface area contributed by atoms with Gasteiger partial charge in [0.25, 0.3) is 0 Å². The summed E-state index contributed by atoms with van der Waals surface area (Å²) in [4.78, 5) is 14.0. The normalized spacial score (nSPS) is 21.5. The Labute approximate surface area is 160 Å². The standard InChI is InChI=1S/C22H26N2O3/c25-22(15-18-6-7-20-21(14-18)27-13-12-26-20)23-19-8-10-24(11-9-19)16-17-4-2-1-3-5-17/h1-7,14,19H,8-13,15-16H2,(H,23,25)/p+1. The summed E-state index contributed by atoms with van der Waals surface area (Å²) in [7, 11) is 0. The van der Waals surface area contributed by atoms with E-state index in [1.165, 1.54) is 5.56 Å². The predicted molar refractivity (Wildman–Crippen MR) is 103 cm³/mol. The minimum absolute atomic E-state index is 0.0863. The second-order valence-corrected chi connectivity index (χ2v) is 7.41. The maximum absolute atomic E-state index is 12.4. The maximum Gasteiger partial charge on any atom is 0.224 e. The van der Waals surface area contributed by atoms with Crippen molar-refractivity contribution in [3.8, 4) is 11.5 Å². The van der Waals surface area contributed by atoms with Crippen LogP contribution in [-0.4, -0.2) is 38.3 Å². The van der Waals surface area contributed by atoms with Crippen LogP contribution in [0.2, 0.25) is 0 Å². The molecule has 4 rings (SSSR count). The number of fused-ring (bicyclic) bond motifs is 1. The van der Waals surface area contributed by atoms with Crippen molar-refractivity contribution >= 4 is 5.91 Å². The first-order chi connectivity index (χ1) is 13.3. The molecule has 2 aliphatic rings. The maximum atomic E-state index is 12.4. The molecule has 0 radical (unpaired) electrons. The Morgan fingerprint density at radius 2 is 1.70 bits per heavy atom. The number of carbonyl (C=O) groups excluding carboxylic acids is 1. The average molecular weight is 367 g/mol. The van der Waals surface area contributed by atoms with Gasteiger partial charge in [0, 0.05) is 24.4 Å². The van der Waals surface area contributed by atoms with Gasteiger partial charge >= 0.3 is 0 Å². The Morgan fingerprint density at radius 1 is 0.963 bits per heavy atom. The number of piperidine rings is 1. The molecular formula is C22H27N2O3+. The van der Waals surface area contributed by atoms with E-state index >= 15 is 0 Å². The topological polar surface area (TPSA) is 52.0 Å². The summed E-state index contributed by atoms with van der Waals surface area (Å²) in [5, 5.41) is 3.21. The minimum atomic E-state index is 0.0863. The van der Waals surface area contributed by atoms with Crippen molar-refractivity contribution in [1.29, 1.82) is 0 Å². The molecule has 0 atom stereocenters. The summed E-state index contributed by atoms with van der Waals surface area (Å²) in [6.45, 7) is 4.41. The molecule has 5 nitrogen and oxygen atoms in total. The SMILES string of the molecule is O=C(Cc1ccc2c(c1)OCCO2)NC1CC[NH+](Cc2ccccc2)CC1. The summed E-state index contributed by atoms with van der Waals surface area (Å²) in [6.07, 6.45) is 2.46. The molecule has 142 valence electrons. The molecule has 5 heteroatoms. The molecule has 27 heavy (non-hydrogen) atoms. The fourth-order valence-corrected chi connectivity index (χ4v) is 3.89. The van der Waals surface area contributed by atoms with Gasteiger partial charge in [-0.05, 0) is 17.7 Å². The van der Waals surface area contributed by atoms with Crippen LogP contribution in [0.25, 0.3) is 0 Å². The first-order valence-electron chi connectivity index (χ1n) is 9.81. The summed E-state index contributed by atoms with van der Waals surface area (Å²) < 4.78 is 11.1. The molecule has 0 bridgehead atoms. The molecular weight excluding hydrogens is 340 g/mol. The van der Waals surface area contributed by atoms with Crippen LogP contribution < -0.4 is 19.7 Å². The molecule has 1 amide bonds. The van der Waals surface area contributed by atoms with Gasteiger partial charge in [0.2, 0.25) is 5.91 Å². The van der Waals surface area contributed by atoms with Crippen molar-refractivity contribution in [1.82, 2.24) is 5.32 Å². The van der Waals surface area contributed by atoms with Crippen LogP contribution in [0.15, 0.2) is 48.5 Å². The van der Waals surface area contributed by atoms with Crippen LogP contribution in [0.1, 0.15) is 24.0 Å². The van der Waals surface area contributed by atoms with E-state index in [1.54, 1.807) is 4.90 Å². The average Bonchev–Trinajstić information content (AvgIpc) is 2.70. The van der Waals surface area contributed by atoms with Crippen LogP contribution in [0.3, 0.4) is 0 Å². The predicted octanol–water partition coefficient (Wildman–Crippen LogP) is 1.36. The Hall–Kier alpha value is -2.53. The Morgan fingerprint density at radius 3 is 2.48 bits per heavy atom. The zero-order valence-electron chi connectivity index (χ0n) is 15.6. The van der Waals surface area contributed by atoms with Gasteiger partial charge in [-0.1, -0.05) is 36.4 Å². The molecule has 2 aliphatic heterocycles. The van der Waals surface area contributed by atoms with E-state index in [2.05, 4.69) is 35.6 Å². The molecule has 0 aliphatic carbocycles. The van der Waals surface area contributed by atoms with Gasteiger partial charge in [-0.25, -0.2) is 0 Å². The highest BCUT2D eigenvalue weighted by Gasteiger charge is 2.23. The van der Waals surface area contributed by atoms with E-state index in [0.29, 0.717) is 19.6 Å². The highest BCUT2D eigenvalue weighted by molar-refractivity contribution is 5.79. The molecule has 2 aromatic rings. The van der Waals surface area contributed by atoms with Crippen molar-refractivity contribution in [2.75, 3.05) is 26.3 Å². The van der Waals surface area contributed by atoms with Crippen molar-refractivity contribution < 1.29 is 19.2 Å². The molecule has 0 saturated carbocycles. The number of rotatable bonds is 5. The number of amides is 1. The number of hydrogen-bond donors (Lipinski definition) is 2. The van der Waals surface area contributed by atoms with Crippen molar-refractivity contribution in [3.05, 3.63) is 59.7 Å². The fraction of sp³-hybridized carbons (Fsp3) is 0.409. The lowest BCUT2D eigenvalue weighted by Gasteiger charge is -2.30. The van der Waals surface area contributed by atoms with Gasteiger partial charge in [-0.2, -0.15) is 0 Å². The third-order valence-electron chi connectivity index (χ3n) is 5.33. The Kier molecular flexibility index (Phi) is 5.58. The van der Waals surface area contributed by atoms with Gasteiger partial charge in [-0.15, -0.1) is 0 Å². The van der Waals surface area contributed by atoms with Gasteiger partial charge in [0.05, 0.1) is 19.5 Å². The van der Waals surface area contributed by atoms with Crippen LogP contribution in [0.4, 0.5) is 0 Å². The minimum Gasteiger partial charge on any atom is -0.486 e. The van der Waals surface area contributed by atoms with Crippen LogP contribution in [0.5, 0.6) is 11.5 Å². The Bertz CT molecular complexity index is 770. The highest BCUT2D eigenvalue weighted by atomic mass is 16.6. The number of likely N-dealkylation sites (tertiary alicyclic amines) is 1. The quantitative estimate of drug-likeness (QED) is 0.839. The van der Waals surface area contributed by atoms with Gasteiger partial charge in [0.15, 0.2) is 11.5 Å². The number of benzene rings is 2. The summed E-state index contributed by atoms with van der Waals surface area (Å²) in [6, 6.07) is 16.7. The summed E-state index contributed by atoms with van der Waals surface area (Å²) in [5.74, 6) is 1.59. The van der Waals surface area contributed by atoms with Gasteiger partial charge < -0.3 is 19.7 Å². The monoisotopic (exact) mass is 367 g/mol. The van der Waals surface area contributed by atoms with E-state index in [9.17, 15) is 4.79 Å². The molecule has 0 unspecified atom stereocenters. The second-order valence-electron chi connectivity index (χ2n) is 7.41. The summed E-state index contributed by atoms with van der Waals surface area (Å²) >= 11 is 0. The molecule has 1 fully saturated rings. The number of hydrogen-bond acceptors (Lipinski definition) is 3. The van der Waals surface area contributed by atoms with E-state index in [-0.39, 0.29) is 11.9 Å². The van der Waals surface area contributed by atoms with Crippen LogP contribution in [-0.2, 0) is 17.8 Å². The lowest BCUT2D eigenvalue weighted by molar-refractivity contribution is -0.918. The first kappa shape index (κ1) is 17.9. The molecule has 2 heterocycles. The van der Waals surface area contributed by atoms with Crippen molar-refractivity contribution in [3.63, 3.8) is 0 Å². The Balaban J connectivity index is 1.24. The van der Waals surface area contributed by atoms with Gasteiger partial charge in [0.1, 0.15) is 19.8 Å². The number of nitrogens with one attached hydrogen (secondary N) is 2. The smallest absolute Gasteiger partial charge is 0.224 e. The number of ether oxygens (including phenoxy) is 2. The molecule has 1 saturated heterocycles. The number of quaternary nitrogens is 1. The molecule has 0 aromatic heterocycles. The summed E-state index contributed by atoms with van der Waals surface area (Å²) in [5.41, 5.74) is 2.34. The lowest BCUT2D eigenvalue weighted by Crippen LogP contribution is -3.12. The van der Waals surface area contributed by atoms with Crippen LogP contribution >= 0.6 is 0 Å². The molecule has 0 spiro atoms. The van der Waals surface area contributed by atoms with Crippen molar-refractivity contribution in [2.24, 2.45) is 0 Å². The zero-order valence-corrected chi connectivity index (χ0v) is 15.6. The molecule has 2 aromatic carbocycles. The zero-order chi connectivity index (χ0) is 18.5. The van der Waals surface area contributed by atoms with Crippen molar-refractivity contribution in [2.45, 2.75) is 31.8 Å². The van der Waals surface area contributed by atoms with Crippen LogP contribution in [0, 0.1) is 0 Å². The third-order valence-corrected chi connectivity index (χ3v) is 5.33. The number of carbonyl (C=O) groups is 1. The fourth-order valence-electron chi connectivity index (χ4n) is 3.89. The second kappa shape index (κ2) is 8.44. The van der Waals surface area contributed by atoms with E-state index in [1.807, 2.05) is 18.2 Å². The highest BCUT2D eigenvalue weighted by Crippen LogP contribution is 2.30. The van der Waals surface area contributed by atoms with Gasteiger partial charge in [-0.3, -0.25) is 4.79 Å². The molecule has 2 N–H and O–H groups in total. The third kappa shape index (κ3) is 4.80. The van der Waals surface area contributed by atoms with E-state index in [0.717, 1.165) is 49.5 Å². The first-order valence-corrected chi connectivity index (χ1v) is 9.81. The van der Waals surface area contributed by atoms with E-state index in [4.69, 9.17) is 9.47 Å².